The first-order chi connectivity index (χ1) is 12.6. The first-order valence-electron chi connectivity index (χ1n) is 8.77. The number of nitrogens with one attached hydrogen (secondary N) is 1. The van der Waals surface area contributed by atoms with Gasteiger partial charge in [0.1, 0.15) is 5.75 Å². The molecular weight excluding hydrogens is 329 g/mol. The maximum Gasteiger partial charge on any atom is 0.119 e. The Bertz CT molecular complexity index is 823. The van der Waals surface area contributed by atoms with E-state index in [1.807, 2.05) is 18.2 Å². The van der Waals surface area contributed by atoms with Crippen LogP contribution < -0.4 is 4.74 Å². The van der Waals surface area contributed by atoms with Crippen LogP contribution in [0, 0.1) is 0 Å². The van der Waals surface area contributed by atoms with Crippen molar-refractivity contribution in [3.05, 3.63) is 30.0 Å². The van der Waals surface area contributed by atoms with Crippen LogP contribution in [0.15, 0.2) is 24.4 Å². The molecule has 1 fully saturated rings. The molecule has 0 saturated carbocycles. The fraction of sp³-hybridized carbons (Fsp3) is 0.529. The van der Waals surface area contributed by atoms with E-state index >= 15 is 0 Å². The summed E-state index contributed by atoms with van der Waals surface area (Å²) < 4.78 is 10.5. The first-order valence-corrected chi connectivity index (χ1v) is 8.77. The van der Waals surface area contributed by atoms with E-state index in [9.17, 15) is 0 Å². The zero-order valence-electron chi connectivity index (χ0n) is 15.7. The van der Waals surface area contributed by atoms with Gasteiger partial charge in [0, 0.05) is 30.3 Å². The summed E-state index contributed by atoms with van der Waals surface area (Å²) >= 11 is 0. The lowest BCUT2D eigenvalue weighted by atomic mass is 9.38. The fourth-order valence-electron chi connectivity index (χ4n) is 3.86. The Labute approximate surface area is 168 Å². The molecule has 1 N–H and O–H groups in total. The average Bonchev–Trinajstić information content (AvgIpc) is 3.28. The predicted molar refractivity (Wildman–Crippen MR) is 113 cm³/mol. The van der Waals surface area contributed by atoms with Gasteiger partial charge in [-0.2, -0.15) is 0 Å². The van der Waals surface area contributed by atoms with Crippen molar-refractivity contribution in [3.8, 4) is 5.75 Å². The van der Waals surface area contributed by atoms with Crippen LogP contribution in [0.2, 0.25) is 0 Å². The fourth-order valence-corrected chi connectivity index (χ4v) is 3.86. The molecule has 27 heavy (non-hydrogen) atoms. The lowest BCUT2D eigenvalue weighted by Crippen LogP contribution is -2.70. The summed E-state index contributed by atoms with van der Waals surface area (Å²) in [5.41, 5.74) is 1.62. The molecule has 1 aliphatic heterocycles. The second kappa shape index (κ2) is 7.04. The predicted octanol–water partition coefficient (Wildman–Crippen LogP) is -0.241. The minimum absolute atomic E-state index is 0.403. The van der Waals surface area contributed by atoms with Crippen molar-refractivity contribution in [2.24, 2.45) is 0 Å². The molecule has 10 heteroatoms. The number of H-pyrrole nitrogens is 1. The lowest BCUT2D eigenvalue weighted by molar-refractivity contribution is 0.0411. The van der Waals surface area contributed by atoms with Gasteiger partial charge in [-0.3, -0.25) is 0 Å². The number of hydrogen-bond acceptors (Lipinski definition) is 3. The second-order valence-corrected chi connectivity index (χ2v) is 7.22. The van der Waals surface area contributed by atoms with Crippen molar-refractivity contribution in [2.75, 3.05) is 20.8 Å². The normalized spacial score (nSPS) is 19.6. The molecule has 4 nitrogen and oxygen atoms in total. The van der Waals surface area contributed by atoms with Crippen LogP contribution in [-0.2, 0) is 9.95 Å². The average molecular weight is 347 g/mol. The van der Waals surface area contributed by atoms with E-state index in [0.717, 1.165) is 22.9 Å². The summed E-state index contributed by atoms with van der Waals surface area (Å²) in [7, 11) is 40.8. The Hall–Kier alpha value is -1.13. The molecular formula is C17H18B6N2O2. The quantitative estimate of drug-likeness (QED) is 0.733. The van der Waals surface area contributed by atoms with Crippen molar-refractivity contribution in [3.63, 3.8) is 0 Å². The highest BCUT2D eigenvalue weighted by atomic mass is 16.5. The summed E-state index contributed by atoms with van der Waals surface area (Å²) in [4.78, 5) is 4.93. The molecule has 2 aromatic rings. The number of benzene rings is 1. The number of nitrogens with zero attached hydrogens (tertiary/aromatic N) is 1. The maximum atomic E-state index is 6.66. The van der Waals surface area contributed by atoms with Gasteiger partial charge in [-0.05, 0) is 53.9 Å². The number of fused-ring (bicyclic) bond motifs is 1. The molecule has 1 atom stereocenters. The van der Waals surface area contributed by atoms with Crippen LogP contribution in [0.3, 0.4) is 0 Å². The van der Waals surface area contributed by atoms with E-state index in [1.165, 1.54) is 7.11 Å². The van der Waals surface area contributed by atoms with Crippen LogP contribution >= 0.6 is 0 Å². The number of ether oxygens (including phenoxy) is 2. The number of hydrogen-bond donors (Lipinski definition) is 1. The minimum Gasteiger partial charge on any atom is -0.497 e. The van der Waals surface area contributed by atoms with Gasteiger partial charge in [0.15, 0.2) is 0 Å². The summed E-state index contributed by atoms with van der Waals surface area (Å²) in [5.74, 6) is 0.705. The molecule has 2 heterocycles. The molecule has 1 aromatic heterocycles. The molecule has 12 radical (unpaired) electrons. The van der Waals surface area contributed by atoms with Gasteiger partial charge < -0.3 is 19.4 Å². The Kier molecular flexibility index (Phi) is 5.37. The summed E-state index contributed by atoms with van der Waals surface area (Å²) in [5, 5.41) is -3.86. The van der Waals surface area contributed by atoms with E-state index in [0.29, 0.717) is 18.7 Å². The van der Waals surface area contributed by atoms with Crippen LogP contribution in [0.5, 0.6) is 5.75 Å². The highest BCUT2D eigenvalue weighted by molar-refractivity contribution is 6.54. The van der Waals surface area contributed by atoms with E-state index in [1.54, 1.807) is 18.2 Å². The molecule has 1 aromatic carbocycles. The molecule has 0 amide bonds. The molecule has 0 bridgehead atoms. The lowest BCUT2D eigenvalue weighted by Gasteiger charge is -2.55. The highest BCUT2D eigenvalue weighted by Crippen LogP contribution is 2.40. The Morgan fingerprint density at radius 3 is 2.44 bits per heavy atom. The monoisotopic (exact) mass is 348 g/mol. The van der Waals surface area contributed by atoms with Gasteiger partial charge >= 0.3 is 0 Å². The topological polar surface area (TPSA) is 37.5 Å². The van der Waals surface area contributed by atoms with Gasteiger partial charge in [0.2, 0.25) is 0 Å². The van der Waals surface area contributed by atoms with E-state index in [4.69, 9.17) is 56.6 Å². The zero-order chi connectivity index (χ0) is 20.0. The molecule has 126 valence electrons. The minimum atomic E-state index is -1.78. The Morgan fingerprint density at radius 2 is 1.81 bits per heavy atom. The summed E-state index contributed by atoms with van der Waals surface area (Å²) in [6.45, 7) is 0.541. The van der Waals surface area contributed by atoms with Gasteiger partial charge in [-0.25, -0.2) is 0 Å². The van der Waals surface area contributed by atoms with E-state index < -0.39 is 22.0 Å². The third-order valence-corrected chi connectivity index (χ3v) is 5.60. The molecule has 1 unspecified atom stereocenters. The molecule has 0 aliphatic carbocycles. The van der Waals surface area contributed by atoms with Crippen molar-refractivity contribution < 1.29 is 9.47 Å². The van der Waals surface area contributed by atoms with Crippen LogP contribution in [0.1, 0.15) is 18.4 Å². The van der Waals surface area contributed by atoms with Crippen molar-refractivity contribution in [2.45, 2.75) is 34.8 Å². The van der Waals surface area contributed by atoms with Gasteiger partial charge in [0.05, 0.1) is 54.2 Å². The first kappa shape index (κ1) is 20.6. The third kappa shape index (κ3) is 3.29. The largest absolute Gasteiger partial charge is 0.497 e. The van der Waals surface area contributed by atoms with Crippen LogP contribution in [0.4, 0.5) is 0 Å². The Morgan fingerprint density at radius 1 is 1.11 bits per heavy atom. The maximum absolute atomic E-state index is 6.66. The number of rotatable bonds is 6. The number of methoxy groups -OCH3 is 2. The smallest absolute Gasteiger partial charge is 0.119 e. The van der Waals surface area contributed by atoms with Crippen LogP contribution in [0.25, 0.3) is 10.9 Å². The number of likely N-dealkylation sites (tertiary alicyclic amines) is 1. The Balaban J connectivity index is 2.04. The van der Waals surface area contributed by atoms with Crippen molar-refractivity contribution >= 4 is 58.0 Å². The SMILES string of the molecule is [B]C([B])(c1c[nH]c2ccc(OC)cc12)C1CCCN1C([B])([B])C([B])([B])OC. The third-order valence-electron chi connectivity index (χ3n) is 5.60. The van der Waals surface area contributed by atoms with Gasteiger partial charge in [0.25, 0.3) is 0 Å². The number of aromatic nitrogens is 1. The highest BCUT2D eigenvalue weighted by Gasteiger charge is 2.48. The van der Waals surface area contributed by atoms with E-state index in [-0.39, 0.29) is 0 Å². The van der Waals surface area contributed by atoms with Crippen molar-refractivity contribution in [1.82, 2.24) is 9.88 Å². The second-order valence-electron chi connectivity index (χ2n) is 7.22. The zero-order valence-corrected chi connectivity index (χ0v) is 15.7. The molecule has 3 rings (SSSR count). The molecule has 1 saturated heterocycles. The number of aromatic amines is 1. The summed E-state index contributed by atoms with van der Waals surface area (Å²) in [6.07, 6.45) is 3.27. The van der Waals surface area contributed by atoms with Gasteiger partial charge in [-0.15, -0.1) is 0 Å². The summed E-state index contributed by atoms with van der Waals surface area (Å²) in [6, 6.07) is 5.25. The van der Waals surface area contributed by atoms with Crippen molar-refractivity contribution in [1.29, 1.82) is 0 Å². The standard InChI is InChI=1S/C17H18B6N2O2/c1-26-10-5-6-13-11(8-10)12(9-24-13)15(18,19)14-4-3-7-25(14)16(20,21)17(22,23)27-2/h5-6,8-9,14,24H,3-4,7H2,1-2H3. The van der Waals surface area contributed by atoms with E-state index in [2.05, 4.69) is 4.98 Å². The van der Waals surface area contributed by atoms with Crippen LogP contribution in [-0.4, -0.2) is 94.5 Å². The molecule has 1 aliphatic rings. The van der Waals surface area contributed by atoms with Gasteiger partial charge in [-0.1, -0.05) is 5.21 Å². The molecule has 0 spiro atoms.